The zero-order chi connectivity index (χ0) is 14.0. The number of fused-ring (bicyclic) bond motifs is 1. The summed E-state index contributed by atoms with van der Waals surface area (Å²) in [6.45, 7) is 7.87. The minimum atomic E-state index is 0.744. The zero-order valence-electron chi connectivity index (χ0n) is 13.7. The first-order valence-corrected chi connectivity index (χ1v) is 9.69. The molecule has 2 aliphatic heterocycles. The number of hydrogen-bond donors (Lipinski definition) is 1. The van der Waals surface area contributed by atoms with Crippen LogP contribution in [-0.2, 0) is 0 Å². The van der Waals surface area contributed by atoms with E-state index in [4.69, 9.17) is 0 Å². The molecule has 0 radical (unpaired) electrons. The van der Waals surface area contributed by atoms with Crippen molar-refractivity contribution < 1.29 is 0 Å². The number of nitrogens with one attached hydrogen (secondary N) is 1. The molecule has 0 aromatic carbocycles. The van der Waals surface area contributed by atoms with Gasteiger partial charge >= 0.3 is 0 Å². The molecule has 21 heavy (non-hydrogen) atoms. The van der Waals surface area contributed by atoms with Crippen LogP contribution < -0.4 is 5.32 Å². The van der Waals surface area contributed by atoms with Crippen LogP contribution in [0.5, 0.6) is 0 Å². The highest BCUT2D eigenvalue weighted by atomic mass is 15.2. The lowest BCUT2D eigenvalue weighted by molar-refractivity contribution is -0.0720. The van der Waals surface area contributed by atoms with E-state index in [1.165, 1.54) is 32.6 Å². The van der Waals surface area contributed by atoms with Gasteiger partial charge in [-0.05, 0) is 93.0 Å². The minimum absolute atomic E-state index is 0.744. The predicted octanol–water partition coefficient (Wildman–Crippen LogP) is 3.13. The zero-order valence-corrected chi connectivity index (χ0v) is 13.7. The van der Waals surface area contributed by atoms with Crippen LogP contribution in [0.15, 0.2) is 0 Å². The molecule has 3 unspecified atom stereocenters. The van der Waals surface area contributed by atoms with Crippen molar-refractivity contribution in [3.8, 4) is 0 Å². The molecule has 3 atom stereocenters. The average molecular weight is 288 g/mol. The van der Waals surface area contributed by atoms with Crippen molar-refractivity contribution >= 4 is 0 Å². The summed E-state index contributed by atoms with van der Waals surface area (Å²) >= 11 is 0. The summed E-state index contributed by atoms with van der Waals surface area (Å²) in [5.41, 5.74) is 0.744. The van der Waals surface area contributed by atoms with Gasteiger partial charge < -0.3 is 5.32 Å². The third kappa shape index (κ3) is 2.05. The largest absolute Gasteiger partial charge is 0.316 e. The minimum Gasteiger partial charge on any atom is -0.316 e. The summed E-state index contributed by atoms with van der Waals surface area (Å²) in [6, 6.07) is 0.887. The van der Waals surface area contributed by atoms with E-state index in [0.717, 1.165) is 41.0 Å². The molecule has 6 fully saturated rings. The Kier molecular flexibility index (Phi) is 3.00. The van der Waals surface area contributed by atoms with Crippen LogP contribution >= 0.6 is 0 Å². The molecule has 0 spiro atoms. The monoisotopic (exact) mass is 288 g/mol. The predicted molar refractivity (Wildman–Crippen MR) is 86.1 cm³/mol. The lowest BCUT2D eigenvalue weighted by Crippen LogP contribution is -2.52. The van der Waals surface area contributed by atoms with Gasteiger partial charge in [0.2, 0.25) is 0 Å². The van der Waals surface area contributed by atoms with Crippen molar-refractivity contribution in [2.45, 2.75) is 57.9 Å². The number of nitrogens with zero attached hydrogens (tertiary/aromatic N) is 1. The number of rotatable bonds is 3. The van der Waals surface area contributed by atoms with Crippen molar-refractivity contribution in [3.05, 3.63) is 0 Å². The van der Waals surface area contributed by atoms with Gasteiger partial charge in [0.05, 0.1) is 0 Å². The maximum Gasteiger partial charge on any atom is 0.0137 e. The molecule has 0 amide bonds. The first-order chi connectivity index (χ1) is 10.2. The Bertz CT molecular complexity index is 383. The van der Waals surface area contributed by atoms with Crippen molar-refractivity contribution in [3.63, 3.8) is 0 Å². The van der Waals surface area contributed by atoms with Gasteiger partial charge in [0, 0.05) is 19.1 Å². The Morgan fingerprint density at radius 1 is 1.00 bits per heavy atom. The molecule has 4 aliphatic carbocycles. The molecule has 2 heterocycles. The standard InChI is InChI=1S/C19H32N2/c1-2-18-17-10-20-9-16(17)11-21(18)12-19-6-13-3-14(7-19)5-15(4-13)8-19/h13-18,20H,2-12H2,1H3. The van der Waals surface area contributed by atoms with E-state index in [2.05, 4.69) is 17.1 Å². The van der Waals surface area contributed by atoms with E-state index in [-0.39, 0.29) is 0 Å². The van der Waals surface area contributed by atoms with Crippen LogP contribution in [0.3, 0.4) is 0 Å². The summed E-state index contributed by atoms with van der Waals surface area (Å²) in [4.78, 5) is 2.96. The van der Waals surface area contributed by atoms with Gasteiger partial charge in [0.1, 0.15) is 0 Å². The average Bonchev–Trinajstić information content (AvgIpc) is 2.96. The normalized spacial score (nSPS) is 55.3. The van der Waals surface area contributed by atoms with Gasteiger partial charge in [-0.2, -0.15) is 0 Å². The molecule has 4 bridgehead atoms. The first-order valence-electron chi connectivity index (χ1n) is 9.69. The van der Waals surface area contributed by atoms with Gasteiger partial charge in [0.25, 0.3) is 0 Å². The maximum atomic E-state index is 3.64. The molecule has 6 aliphatic rings. The molecule has 4 saturated carbocycles. The summed E-state index contributed by atoms with van der Waals surface area (Å²) < 4.78 is 0. The highest BCUT2D eigenvalue weighted by Crippen LogP contribution is 2.60. The fraction of sp³-hybridized carbons (Fsp3) is 1.00. The van der Waals surface area contributed by atoms with E-state index >= 15 is 0 Å². The van der Waals surface area contributed by atoms with Crippen LogP contribution in [0, 0.1) is 35.0 Å². The third-order valence-corrected chi connectivity index (χ3v) is 7.95. The Labute approximate surface area is 130 Å². The summed E-state index contributed by atoms with van der Waals surface area (Å²) in [6.07, 6.45) is 10.9. The van der Waals surface area contributed by atoms with Crippen LogP contribution in [0.25, 0.3) is 0 Å². The topological polar surface area (TPSA) is 15.3 Å². The van der Waals surface area contributed by atoms with Gasteiger partial charge in [-0.1, -0.05) is 6.92 Å². The van der Waals surface area contributed by atoms with Crippen molar-refractivity contribution in [1.82, 2.24) is 10.2 Å². The van der Waals surface area contributed by atoms with Crippen molar-refractivity contribution in [2.24, 2.45) is 35.0 Å². The van der Waals surface area contributed by atoms with Crippen molar-refractivity contribution in [1.29, 1.82) is 0 Å². The number of likely N-dealkylation sites (tertiary alicyclic amines) is 1. The van der Waals surface area contributed by atoms with E-state index < -0.39 is 0 Å². The molecule has 118 valence electrons. The highest BCUT2D eigenvalue weighted by Gasteiger charge is 2.53. The Hall–Kier alpha value is -0.0800. The molecule has 6 rings (SSSR count). The molecule has 0 aromatic rings. The van der Waals surface area contributed by atoms with Crippen LogP contribution in [0.1, 0.15) is 51.9 Å². The fourth-order valence-electron chi connectivity index (χ4n) is 7.77. The Morgan fingerprint density at radius 3 is 2.29 bits per heavy atom. The molecule has 2 saturated heterocycles. The molecule has 2 nitrogen and oxygen atoms in total. The van der Waals surface area contributed by atoms with Gasteiger partial charge in [-0.15, -0.1) is 0 Å². The smallest absolute Gasteiger partial charge is 0.0137 e. The molecular formula is C19H32N2. The summed E-state index contributed by atoms with van der Waals surface area (Å²) in [7, 11) is 0. The van der Waals surface area contributed by atoms with Crippen LogP contribution in [0.4, 0.5) is 0 Å². The molecule has 2 heteroatoms. The van der Waals surface area contributed by atoms with E-state index in [0.29, 0.717) is 0 Å². The highest BCUT2D eigenvalue weighted by molar-refractivity contribution is 5.05. The Morgan fingerprint density at radius 2 is 1.67 bits per heavy atom. The maximum absolute atomic E-state index is 3.64. The summed E-state index contributed by atoms with van der Waals surface area (Å²) in [5.74, 6) is 5.26. The first kappa shape index (κ1) is 13.4. The SMILES string of the molecule is CCC1C2CNCC2CN1CC12CC3CC(CC(C3)C1)C2. The van der Waals surface area contributed by atoms with E-state index in [1.54, 1.807) is 38.5 Å². The van der Waals surface area contributed by atoms with E-state index in [9.17, 15) is 0 Å². The van der Waals surface area contributed by atoms with Crippen molar-refractivity contribution in [2.75, 3.05) is 26.2 Å². The van der Waals surface area contributed by atoms with Gasteiger partial charge in [0.15, 0.2) is 0 Å². The molecule has 0 aromatic heterocycles. The van der Waals surface area contributed by atoms with Gasteiger partial charge in [-0.25, -0.2) is 0 Å². The second-order valence-corrected chi connectivity index (χ2v) is 9.40. The second-order valence-electron chi connectivity index (χ2n) is 9.40. The lowest BCUT2D eigenvalue weighted by atomic mass is 9.49. The molecular weight excluding hydrogens is 256 g/mol. The second kappa shape index (κ2) is 4.71. The lowest BCUT2D eigenvalue weighted by Gasteiger charge is -2.58. The quantitative estimate of drug-likeness (QED) is 0.858. The van der Waals surface area contributed by atoms with Gasteiger partial charge in [-0.3, -0.25) is 4.90 Å². The van der Waals surface area contributed by atoms with Crippen LogP contribution in [0.2, 0.25) is 0 Å². The van der Waals surface area contributed by atoms with Crippen LogP contribution in [-0.4, -0.2) is 37.1 Å². The number of hydrogen-bond acceptors (Lipinski definition) is 2. The molecule has 1 N–H and O–H groups in total. The Balaban J connectivity index is 1.35. The fourth-order valence-corrected chi connectivity index (χ4v) is 7.77. The third-order valence-electron chi connectivity index (χ3n) is 7.95. The van der Waals surface area contributed by atoms with E-state index in [1.807, 2.05) is 0 Å². The summed E-state index contributed by atoms with van der Waals surface area (Å²) in [5, 5.41) is 3.64.